The van der Waals surface area contributed by atoms with Crippen molar-refractivity contribution in [1.29, 1.82) is 0 Å². The molecule has 0 heterocycles. The van der Waals surface area contributed by atoms with Crippen molar-refractivity contribution >= 4 is 15.9 Å². The number of alkyl carbamates (subject to hydrolysis) is 1. The Morgan fingerprint density at radius 2 is 1.89 bits per heavy atom. The van der Waals surface area contributed by atoms with Gasteiger partial charge in [-0.3, -0.25) is 0 Å². The van der Waals surface area contributed by atoms with E-state index >= 15 is 0 Å². The van der Waals surface area contributed by atoms with Gasteiger partial charge in [-0.25, -0.2) is 13.2 Å². The lowest BCUT2D eigenvalue weighted by Crippen LogP contribution is -2.43. The lowest BCUT2D eigenvalue weighted by Gasteiger charge is -2.29. The first-order chi connectivity index (χ1) is 8.08. The average Bonchev–Trinajstić information content (AvgIpc) is 2.13. The molecule has 1 aliphatic rings. The van der Waals surface area contributed by atoms with E-state index in [1.165, 1.54) is 6.26 Å². The first kappa shape index (κ1) is 15.3. The summed E-state index contributed by atoms with van der Waals surface area (Å²) in [7, 11) is -3.02. The van der Waals surface area contributed by atoms with Gasteiger partial charge in [0.1, 0.15) is 15.4 Å². The number of carbonyl (C=O) groups is 1. The molecular formula is C12H23NO4S. The molecule has 1 saturated carbocycles. The highest BCUT2D eigenvalue weighted by Gasteiger charge is 2.30. The Kier molecular flexibility index (Phi) is 4.64. The molecule has 18 heavy (non-hydrogen) atoms. The number of amides is 1. The van der Waals surface area contributed by atoms with Gasteiger partial charge in [0.25, 0.3) is 0 Å². The second kappa shape index (κ2) is 5.47. The molecule has 6 heteroatoms. The van der Waals surface area contributed by atoms with Crippen LogP contribution in [0, 0.1) is 0 Å². The predicted octanol–water partition coefficient (Wildman–Crippen LogP) is 1.87. The molecule has 1 amide bonds. The van der Waals surface area contributed by atoms with Crippen molar-refractivity contribution in [1.82, 2.24) is 5.32 Å². The van der Waals surface area contributed by atoms with Crippen LogP contribution in [0.5, 0.6) is 0 Å². The van der Waals surface area contributed by atoms with Gasteiger partial charge < -0.3 is 10.1 Å². The molecule has 1 rings (SSSR count). The normalized spacial score (nSPS) is 25.6. The lowest BCUT2D eigenvalue weighted by atomic mass is 9.95. The molecule has 106 valence electrons. The van der Waals surface area contributed by atoms with Gasteiger partial charge in [0.05, 0.1) is 5.25 Å². The Morgan fingerprint density at radius 3 is 2.39 bits per heavy atom. The fourth-order valence-electron chi connectivity index (χ4n) is 2.14. The van der Waals surface area contributed by atoms with Crippen molar-refractivity contribution in [2.24, 2.45) is 0 Å². The Balaban J connectivity index is 2.51. The van der Waals surface area contributed by atoms with Gasteiger partial charge in [0.2, 0.25) is 0 Å². The van der Waals surface area contributed by atoms with Crippen LogP contribution in [-0.4, -0.2) is 37.7 Å². The zero-order valence-electron chi connectivity index (χ0n) is 11.5. The molecule has 1 aliphatic carbocycles. The number of carbonyl (C=O) groups excluding carboxylic acids is 1. The summed E-state index contributed by atoms with van der Waals surface area (Å²) in [6.07, 6.45) is 3.59. The second-order valence-electron chi connectivity index (χ2n) is 5.96. The molecule has 0 aromatic rings. The smallest absolute Gasteiger partial charge is 0.407 e. The third kappa shape index (κ3) is 5.25. The van der Waals surface area contributed by atoms with Crippen LogP contribution < -0.4 is 5.32 Å². The number of sulfone groups is 1. The van der Waals surface area contributed by atoms with Gasteiger partial charge in [0, 0.05) is 12.3 Å². The number of ether oxygens (including phenoxy) is 1. The van der Waals surface area contributed by atoms with E-state index in [1.54, 1.807) is 20.8 Å². The minimum Gasteiger partial charge on any atom is -0.444 e. The maximum absolute atomic E-state index is 11.6. The average molecular weight is 277 g/mol. The maximum atomic E-state index is 11.6. The predicted molar refractivity (Wildman–Crippen MR) is 70.3 cm³/mol. The fourth-order valence-corrected chi connectivity index (χ4v) is 3.32. The molecule has 1 fully saturated rings. The van der Waals surface area contributed by atoms with E-state index in [0.29, 0.717) is 12.8 Å². The van der Waals surface area contributed by atoms with Gasteiger partial charge in [0.15, 0.2) is 0 Å². The SMILES string of the molecule is CC(C)(C)OC(=O)N[C@@H]1CCC[C@H](S(C)(=O)=O)C1. The number of rotatable bonds is 2. The van der Waals surface area contributed by atoms with Crippen molar-refractivity contribution in [3.8, 4) is 0 Å². The molecule has 0 aromatic heterocycles. The van der Waals surface area contributed by atoms with Crippen molar-refractivity contribution in [3.05, 3.63) is 0 Å². The molecule has 0 saturated heterocycles. The number of hydrogen-bond donors (Lipinski definition) is 1. The summed E-state index contributed by atoms with van der Waals surface area (Å²) >= 11 is 0. The van der Waals surface area contributed by atoms with Gasteiger partial charge in [-0.05, 0) is 40.0 Å². The minimum atomic E-state index is -3.02. The van der Waals surface area contributed by atoms with Crippen LogP contribution in [0.4, 0.5) is 4.79 Å². The first-order valence-corrected chi connectivity index (χ1v) is 8.22. The number of nitrogens with one attached hydrogen (secondary N) is 1. The summed E-state index contributed by atoms with van der Waals surface area (Å²) < 4.78 is 28.2. The second-order valence-corrected chi connectivity index (χ2v) is 8.29. The molecule has 0 aromatic carbocycles. The summed E-state index contributed by atoms with van der Waals surface area (Å²) in [4.78, 5) is 11.6. The lowest BCUT2D eigenvalue weighted by molar-refractivity contribution is 0.0493. The fraction of sp³-hybridized carbons (Fsp3) is 0.917. The molecule has 0 aliphatic heterocycles. The molecule has 0 radical (unpaired) electrons. The van der Waals surface area contributed by atoms with E-state index < -0.39 is 21.5 Å². The summed E-state index contributed by atoms with van der Waals surface area (Å²) in [5.74, 6) is 0. The first-order valence-electron chi connectivity index (χ1n) is 6.26. The summed E-state index contributed by atoms with van der Waals surface area (Å²) in [5.41, 5.74) is -0.533. The quantitative estimate of drug-likeness (QED) is 0.836. The van der Waals surface area contributed by atoms with E-state index in [1.807, 2.05) is 0 Å². The van der Waals surface area contributed by atoms with Crippen LogP contribution in [0.1, 0.15) is 46.5 Å². The highest BCUT2D eigenvalue weighted by molar-refractivity contribution is 7.91. The Labute approximate surface area is 109 Å². The number of hydrogen-bond acceptors (Lipinski definition) is 4. The van der Waals surface area contributed by atoms with Crippen molar-refractivity contribution < 1.29 is 17.9 Å². The zero-order chi connectivity index (χ0) is 14.0. The molecule has 2 atom stereocenters. The van der Waals surface area contributed by atoms with Gasteiger partial charge in [-0.1, -0.05) is 6.42 Å². The van der Waals surface area contributed by atoms with E-state index in [4.69, 9.17) is 4.74 Å². The molecular weight excluding hydrogens is 254 g/mol. The zero-order valence-corrected chi connectivity index (χ0v) is 12.3. The standard InChI is InChI=1S/C12H23NO4S/c1-12(2,3)17-11(14)13-9-6-5-7-10(8-9)18(4,15)16/h9-10H,5-8H2,1-4H3,(H,13,14)/t9-,10+/m1/s1. The van der Waals surface area contributed by atoms with Crippen molar-refractivity contribution in [2.75, 3.05) is 6.26 Å². The van der Waals surface area contributed by atoms with Crippen LogP contribution >= 0.6 is 0 Å². The Morgan fingerprint density at radius 1 is 1.28 bits per heavy atom. The third-order valence-corrected chi connectivity index (χ3v) is 4.59. The topological polar surface area (TPSA) is 72.5 Å². The van der Waals surface area contributed by atoms with E-state index in [2.05, 4.69) is 5.32 Å². The van der Waals surface area contributed by atoms with Crippen LogP contribution in [0.15, 0.2) is 0 Å². The highest BCUT2D eigenvalue weighted by Crippen LogP contribution is 2.24. The highest BCUT2D eigenvalue weighted by atomic mass is 32.2. The van der Waals surface area contributed by atoms with Crippen molar-refractivity contribution in [3.63, 3.8) is 0 Å². The van der Waals surface area contributed by atoms with E-state index in [-0.39, 0.29) is 11.3 Å². The molecule has 1 N–H and O–H groups in total. The van der Waals surface area contributed by atoms with E-state index in [0.717, 1.165) is 12.8 Å². The Bertz CT molecular complexity index is 397. The van der Waals surface area contributed by atoms with Crippen LogP contribution in [0.3, 0.4) is 0 Å². The van der Waals surface area contributed by atoms with E-state index in [9.17, 15) is 13.2 Å². The molecule has 0 spiro atoms. The monoisotopic (exact) mass is 277 g/mol. The van der Waals surface area contributed by atoms with Crippen LogP contribution in [0.2, 0.25) is 0 Å². The molecule has 0 bridgehead atoms. The summed E-state index contributed by atoms with van der Waals surface area (Å²) in [6, 6.07) is -0.103. The van der Waals surface area contributed by atoms with Crippen molar-refractivity contribution in [2.45, 2.75) is 63.3 Å². The summed E-state index contributed by atoms with van der Waals surface area (Å²) in [5, 5.41) is 2.41. The third-order valence-electron chi connectivity index (χ3n) is 2.95. The maximum Gasteiger partial charge on any atom is 0.407 e. The molecule has 5 nitrogen and oxygen atoms in total. The summed E-state index contributed by atoms with van der Waals surface area (Å²) in [6.45, 7) is 5.40. The van der Waals surface area contributed by atoms with Crippen LogP contribution in [0.25, 0.3) is 0 Å². The molecule has 0 unspecified atom stereocenters. The van der Waals surface area contributed by atoms with Gasteiger partial charge in [-0.15, -0.1) is 0 Å². The Hall–Kier alpha value is -0.780. The largest absolute Gasteiger partial charge is 0.444 e. The minimum absolute atomic E-state index is 0.103. The van der Waals surface area contributed by atoms with Gasteiger partial charge in [-0.2, -0.15) is 0 Å². The van der Waals surface area contributed by atoms with Crippen LogP contribution in [-0.2, 0) is 14.6 Å². The van der Waals surface area contributed by atoms with Gasteiger partial charge >= 0.3 is 6.09 Å².